The average molecular weight is 480 g/mol. The number of thioether (sulfide) groups is 1. The number of rotatable bonds is 9. The van der Waals surface area contributed by atoms with Crippen LogP contribution in [0.2, 0.25) is 0 Å². The maximum Gasteiger partial charge on any atom is 0.408 e. The number of carbonyl (C=O) groups is 3. The largest absolute Gasteiger partial charge is 0.444 e. The van der Waals surface area contributed by atoms with Crippen LogP contribution in [0.25, 0.3) is 0 Å². The van der Waals surface area contributed by atoms with Crippen molar-refractivity contribution in [2.45, 2.75) is 91.1 Å². The lowest BCUT2D eigenvalue weighted by atomic mass is 9.95. The minimum atomic E-state index is -0.849. The number of alkyl carbamates (subject to hydrolysis) is 1. The van der Waals surface area contributed by atoms with E-state index in [1.807, 2.05) is 71.2 Å². The van der Waals surface area contributed by atoms with Crippen molar-refractivity contribution < 1.29 is 19.1 Å². The van der Waals surface area contributed by atoms with Crippen molar-refractivity contribution in [3.8, 4) is 0 Å². The normalized spacial score (nSPS) is 13.8. The highest BCUT2D eigenvalue weighted by molar-refractivity contribution is 7.98. The second kappa shape index (κ2) is 12.3. The van der Waals surface area contributed by atoms with Gasteiger partial charge in [-0.15, -0.1) is 0 Å². The molecule has 7 nitrogen and oxygen atoms in total. The van der Waals surface area contributed by atoms with Crippen LogP contribution in [0, 0.1) is 0 Å². The van der Waals surface area contributed by atoms with Gasteiger partial charge in [-0.2, -0.15) is 11.8 Å². The Bertz CT molecular complexity index is 785. The van der Waals surface area contributed by atoms with E-state index in [0.717, 1.165) is 0 Å². The molecule has 1 aromatic rings. The molecule has 186 valence electrons. The van der Waals surface area contributed by atoms with Crippen molar-refractivity contribution in [1.29, 1.82) is 0 Å². The van der Waals surface area contributed by atoms with Gasteiger partial charge in [0.2, 0.25) is 11.8 Å². The molecule has 33 heavy (non-hydrogen) atoms. The van der Waals surface area contributed by atoms with Gasteiger partial charge in [0.05, 0.1) is 0 Å². The number of nitrogens with one attached hydrogen (secondary N) is 2. The summed E-state index contributed by atoms with van der Waals surface area (Å²) in [5.41, 5.74) is -0.677. The highest BCUT2D eigenvalue weighted by atomic mass is 32.2. The maximum atomic E-state index is 14.0. The van der Waals surface area contributed by atoms with Crippen LogP contribution in [0.15, 0.2) is 30.3 Å². The molecule has 8 heteroatoms. The standard InChI is InChI=1S/C25H41N3O4S/c1-17(2)26-21(29)20(18-13-11-10-12-14-18)28(24(3,4)5)22(30)19(15-16-33-9)27-23(31)32-25(6,7)8/h10-14,17,19-20H,15-16H2,1-9H3,(H,26,29)(H,27,31). The summed E-state index contributed by atoms with van der Waals surface area (Å²) < 4.78 is 5.40. The summed E-state index contributed by atoms with van der Waals surface area (Å²) in [6.07, 6.45) is 1.71. The van der Waals surface area contributed by atoms with Crippen molar-refractivity contribution in [1.82, 2.24) is 15.5 Å². The molecule has 0 aliphatic heterocycles. The summed E-state index contributed by atoms with van der Waals surface area (Å²) in [6.45, 7) is 14.8. The molecule has 2 N–H and O–H groups in total. The smallest absolute Gasteiger partial charge is 0.408 e. The maximum absolute atomic E-state index is 14.0. The molecule has 0 fully saturated rings. The first kappa shape index (κ1) is 28.8. The fourth-order valence-electron chi connectivity index (χ4n) is 3.37. The van der Waals surface area contributed by atoms with Crippen LogP contribution in [0.4, 0.5) is 4.79 Å². The monoisotopic (exact) mass is 479 g/mol. The van der Waals surface area contributed by atoms with Crippen molar-refractivity contribution in [3.63, 3.8) is 0 Å². The van der Waals surface area contributed by atoms with Gasteiger partial charge in [-0.25, -0.2) is 4.79 Å². The second-order valence-electron chi connectivity index (χ2n) is 10.3. The lowest BCUT2D eigenvalue weighted by Crippen LogP contribution is -2.59. The Hall–Kier alpha value is -2.22. The highest BCUT2D eigenvalue weighted by Gasteiger charge is 2.41. The summed E-state index contributed by atoms with van der Waals surface area (Å²) in [7, 11) is 0. The van der Waals surface area contributed by atoms with Crippen molar-refractivity contribution >= 4 is 29.7 Å². The number of carbonyl (C=O) groups excluding carboxylic acids is 3. The Morgan fingerprint density at radius 1 is 1.00 bits per heavy atom. The lowest BCUT2D eigenvalue weighted by Gasteiger charge is -2.43. The van der Waals surface area contributed by atoms with E-state index in [0.29, 0.717) is 17.7 Å². The SMILES string of the molecule is CSCCC(NC(=O)OC(C)(C)C)C(=O)N(C(C(=O)NC(C)C)c1ccccc1)C(C)(C)C. The van der Waals surface area contributed by atoms with Crippen molar-refractivity contribution in [2.24, 2.45) is 0 Å². The number of amides is 3. The predicted octanol–water partition coefficient (Wildman–Crippen LogP) is 4.53. The fraction of sp³-hybridized carbons (Fsp3) is 0.640. The van der Waals surface area contributed by atoms with Gasteiger partial charge in [0.25, 0.3) is 0 Å². The first-order valence-electron chi connectivity index (χ1n) is 11.3. The summed E-state index contributed by atoms with van der Waals surface area (Å²) >= 11 is 1.58. The Labute approximate surface area is 203 Å². The molecule has 3 amide bonds. The zero-order valence-corrected chi connectivity index (χ0v) is 22.3. The molecule has 0 aliphatic carbocycles. The molecule has 0 aromatic heterocycles. The quantitative estimate of drug-likeness (QED) is 0.543. The van der Waals surface area contributed by atoms with Crippen molar-refractivity contribution in [2.75, 3.05) is 12.0 Å². The van der Waals surface area contributed by atoms with Gasteiger partial charge in [-0.05, 0) is 79.4 Å². The van der Waals surface area contributed by atoms with Gasteiger partial charge >= 0.3 is 6.09 Å². The van der Waals surface area contributed by atoms with E-state index in [-0.39, 0.29) is 17.9 Å². The molecule has 0 saturated heterocycles. The molecule has 1 aromatic carbocycles. The number of hydrogen-bond donors (Lipinski definition) is 2. The van der Waals surface area contributed by atoms with E-state index >= 15 is 0 Å². The van der Waals surface area contributed by atoms with E-state index in [4.69, 9.17) is 4.74 Å². The molecular formula is C25H41N3O4S. The van der Waals surface area contributed by atoms with Crippen LogP contribution in [0.3, 0.4) is 0 Å². The molecular weight excluding hydrogens is 438 g/mol. The third-order valence-corrected chi connectivity index (χ3v) is 5.26. The summed E-state index contributed by atoms with van der Waals surface area (Å²) in [5, 5.41) is 5.70. The van der Waals surface area contributed by atoms with Crippen LogP contribution in [0.1, 0.15) is 73.4 Å². The van der Waals surface area contributed by atoms with E-state index < -0.39 is 29.3 Å². The molecule has 0 heterocycles. The van der Waals surface area contributed by atoms with Crippen LogP contribution in [-0.2, 0) is 14.3 Å². The number of benzene rings is 1. The van der Waals surface area contributed by atoms with Crippen LogP contribution < -0.4 is 10.6 Å². The second-order valence-corrected chi connectivity index (χ2v) is 11.3. The van der Waals surface area contributed by atoms with E-state index in [1.54, 1.807) is 37.4 Å². The topological polar surface area (TPSA) is 87.7 Å². The van der Waals surface area contributed by atoms with Gasteiger partial charge in [0, 0.05) is 11.6 Å². The van der Waals surface area contributed by atoms with E-state index in [2.05, 4.69) is 10.6 Å². The molecule has 0 saturated carbocycles. The Morgan fingerprint density at radius 3 is 2.03 bits per heavy atom. The summed E-state index contributed by atoms with van der Waals surface area (Å²) in [5.74, 6) is 0.0776. The third-order valence-electron chi connectivity index (χ3n) is 4.61. The van der Waals surface area contributed by atoms with E-state index in [9.17, 15) is 14.4 Å². The minimum absolute atomic E-state index is 0.0900. The fourth-order valence-corrected chi connectivity index (χ4v) is 3.84. The molecule has 0 radical (unpaired) electrons. The first-order chi connectivity index (χ1) is 15.2. The van der Waals surface area contributed by atoms with Gasteiger partial charge in [-0.3, -0.25) is 9.59 Å². The Kier molecular flexibility index (Phi) is 10.7. The zero-order chi connectivity index (χ0) is 25.4. The first-order valence-corrected chi connectivity index (χ1v) is 12.7. The highest BCUT2D eigenvalue weighted by Crippen LogP contribution is 2.30. The molecule has 0 spiro atoms. The van der Waals surface area contributed by atoms with E-state index in [1.165, 1.54) is 0 Å². The molecule has 2 unspecified atom stereocenters. The van der Waals surface area contributed by atoms with Crippen LogP contribution in [0.5, 0.6) is 0 Å². The molecule has 0 aliphatic rings. The average Bonchev–Trinajstić information content (AvgIpc) is 2.66. The van der Waals surface area contributed by atoms with Crippen LogP contribution >= 0.6 is 11.8 Å². The molecule has 0 bridgehead atoms. The van der Waals surface area contributed by atoms with Gasteiger partial charge < -0.3 is 20.3 Å². The zero-order valence-electron chi connectivity index (χ0n) is 21.5. The summed E-state index contributed by atoms with van der Waals surface area (Å²) in [4.78, 5) is 41.5. The third kappa shape index (κ3) is 9.66. The van der Waals surface area contributed by atoms with Crippen molar-refractivity contribution in [3.05, 3.63) is 35.9 Å². The number of ether oxygens (including phenoxy) is 1. The number of nitrogens with zero attached hydrogens (tertiary/aromatic N) is 1. The number of hydrogen-bond acceptors (Lipinski definition) is 5. The van der Waals surface area contributed by atoms with Gasteiger partial charge in [0.1, 0.15) is 17.7 Å². The summed E-state index contributed by atoms with van der Waals surface area (Å²) in [6, 6.07) is 7.48. The van der Waals surface area contributed by atoms with Crippen LogP contribution in [-0.4, -0.2) is 58.0 Å². The predicted molar refractivity (Wildman–Crippen MR) is 135 cm³/mol. The van der Waals surface area contributed by atoms with Gasteiger partial charge in [-0.1, -0.05) is 30.3 Å². The Morgan fingerprint density at radius 2 is 1.58 bits per heavy atom. The minimum Gasteiger partial charge on any atom is -0.444 e. The molecule has 2 atom stereocenters. The van der Waals surface area contributed by atoms with Gasteiger partial charge in [0.15, 0.2) is 0 Å². The molecule has 1 rings (SSSR count). The Balaban J connectivity index is 3.45. The lowest BCUT2D eigenvalue weighted by molar-refractivity contribution is -0.148.